The Labute approximate surface area is 188 Å². The van der Waals surface area contributed by atoms with Crippen molar-refractivity contribution in [1.82, 2.24) is 0 Å². The van der Waals surface area contributed by atoms with Crippen LogP contribution in [0.1, 0.15) is 65.7 Å². The molecule has 0 heterocycles. The molecule has 0 saturated heterocycles. The largest absolute Gasteiger partial charge is 0.545 e. The van der Waals surface area contributed by atoms with Crippen LogP contribution in [0, 0.1) is 28.6 Å². The predicted molar refractivity (Wildman–Crippen MR) is 132 cm³/mol. The fourth-order valence-electron chi connectivity index (χ4n) is 7.88. The first-order chi connectivity index (χ1) is 13.7. The second kappa shape index (κ2) is 7.08. The lowest BCUT2D eigenvalue weighted by molar-refractivity contribution is -0.107. The topological polar surface area (TPSA) is 18.5 Å². The minimum atomic E-state index is -1.56. The molecule has 0 aromatic heterocycles. The normalized spacial score (nSPS) is 43.8. The van der Waals surface area contributed by atoms with E-state index in [1.54, 1.807) is 5.57 Å². The summed E-state index contributed by atoms with van der Waals surface area (Å²) in [5, 5.41) is 0. The van der Waals surface area contributed by atoms with E-state index in [1.807, 2.05) is 0 Å². The highest BCUT2D eigenvalue weighted by Crippen LogP contribution is 2.68. The molecule has 0 aliphatic heterocycles. The molecule has 0 aromatic carbocycles. The van der Waals surface area contributed by atoms with Crippen molar-refractivity contribution in [1.29, 1.82) is 0 Å². The van der Waals surface area contributed by atoms with Gasteiger partial charge >= 0.3 is 0 Å². The van der Waals surface area contributed by atoms with Gasteiger partial charge in [0.05, 0.1) is 11.4 Å². The van der Waals surface area contributed by atoms with Crippen LogP contribution < -0.4 is 0 Å². The Hall–Kier alpha value is -0.326. The van der Waals surface area contributed by atoms with Crippen molar-refractivity contribution in [3.8, 4) is 0 Å². The van der Waals surface area contributed by atoms with Gasteiger partial charge in [-0.05, 0) is 132 Å². The van der Waals surface area contributed by atoms with Gasteiger partial charge in [0.25, 0.3) is 0 Å². The second-order valence-corrected chi connectivity index (χ2v) is 22.3. The average molecular weight is 447 g/mol. The van der Waals surface area contributed by atoms with Crippen LogP contribution in [-0.2, 0) is 8.85 Å². The molecular formula is C26H46O2Si2. The summed E-state index contributed by atoms with van der Waals surface area (Å²) < 4.78 is 13.3. The van der Waals surface area contributed by atoms with Gasteiger partial charge < -0.3 is 8.85 Å². The first-order valence-electron chi connectivity index (χ1n) is 12.5. The molecule has 0 bridgehead atoms. The Morgan fingerprint density at radius 2 is 1.53 bits per heavy atom. The molecule has 0 amide bonds. The van der Waals surface area contributed by atoms with Crippen molar-refractivity contribution in [2.24, 2.45) is 28.6 Å². The molecular weight excluding hydrogens is 400 g/mol. The van der Waals surface area contributed by atoms with Gasteiger partial charge in [-0.1, -0.05) is 19.4 Å². The van der Waals surface area contributed by atoms with E-state index in [0.717, 1.165) is 23.5 Å². The Kier molecular flexibility index (Phi) is 5.40. The first-order valence-corrected chi connectivity index (χ1v) is 19.3. The van der Waals surface area contributed by atoms with Crippen LogP contribution in [0.15, 0.2) is 23.5 Å². The van der Waals surface area contributed by atoms with Gasteiger partial charge in [0.1, 0.15) is 0 Å². The molecule has 4 rings (SSSR count). The van der Waals surface area contributed by atoms with Crippen LogP contribution in [0.3, 0.4) is 0 Å². The minimum Gasteiger partial charge on any atom is -0.545 e. The molecule has 3 saturated carbocycles. The highest BCUT2D eigenvalue weighted by molar-refractivity contribution is 6.70. The third-order valence-electron chi connectivity index (χ3n) is 9.27. The van der Waals surface area contributed by atoms with E-state index >= 15 is 0 Å². The van der Waals surface area contributed by atoms with Gasteiger partial charge in [0.2, 0.25) is 8.32 Å². The maximum Gasteiger partial charge on any atom is 0.242 e. The van der Waals surface area contributed by atoms with E-state index < -0.39 is 16.6 Å². The Morgan fingerprint density at radius 1 is 0.867 bits per heavy atom. The summed E-state index contributed by atoms with van der Waals surface area (Å²) in [5.41, 5.74) is 2.45. The molecule has 4 aliphatic carbocycles. The van der Waals surface area contributed by atoms with E-state index in [-0.39, 0.29) is 5.60 Å². The maximum absolute atomic E-state index is 6.94. The summed E-state index contributed by atoms with van der Waals surface area (Å²) in [6.07, 6.45) is 14.0. The van der Waals surface area contributed by atoms with Crippen LogP contribution in [-0.4, -0.2) is 22.2 Å². The van der Waals surface area contributed by atoms with E-state index in [2.05, 4.69) is 72.2 Å². The Morgan fingerprint density at radius 3 is 2.17 bits per heavy atom. The Balaban J connectivity index is 1.57. The van der Waals surface area contributed by atoms with Crippen molar-refractivity contribution < 1.29 is 8.85 Å². The van der Waals surface area contributed by atoms with Crippen molar-refractivity contribution in [3.63, 3.8) is 0 Å². The zero-order valence-corrected chi connectivity index (χ0v) is 23.2. The molecule has 6 atom stereocenters. The van der Waals surface area contributed by atoms with Gasteiger partial charge in [-0.25, -0.2) is 0 Å². The maximum atomic E-state index is 6.94. The molecule has 3 unspecified atom stereocenters. The molecule has 4 aliphatic rings. The average Bonchev–Trinajstić information content (AvgIpc) is 2.83. The smallest absolute Gasteiger partial charge is 0.242 e. The highest BCUT2D eigenvalue weighted by Gasteiger charge is 2.63. The number of fused-ring (bicyclic) bond motifs is 5. The zero-order valence-electron chi connectivity index (χ0n) is 21.2. The third-order valence-corrected chi connectivity index (χ3v) is 11.2. The summed E-state index contributed by atoms with van der Waals surface area (Å²) in [4.78, 5) is 0. The summed E-state index contributed by atoms with van der Waals surface area (Å²) >= 11 is 0. The summed E-state index contributed by atoms with van der Waals surface area (Å²) in [5.74, 6) is 3.69. The van der Waals surface area contributed by atoms with Crippen molar-refractivity contribution in [2.45, 2.75) is 111 Å². The second-order valence-electron chi connectivity index (χ2n) is 13.5. The van der Waals surface area contributed by atoms with Crippen LogP contribution >= 0.6 is 0 Å². The van der Waals surface area contributed by atoms with E-state index in [9.17, 15) is 0 Å². The fourth-order valence-corrected chi connectivity index (χ4v) is 10.4. The third kappa shape index (κ3) is 3.73. The molecule has 3 fully saturated rings. The minimum absolute atomic E-state index is 0.0783. The summed E-state index contributed by atoms with van der Waals surface area (Å²) in [7, 11) is -3.11. The van der Waals surface area contributed by atoms with Crippen molar-refractivity contribution in [2.75, 3.05) is 0 Å². The number of rotatable bonds is 4. The number of allylic oxidation sites excluding steroid dienone is 3. The highest BCUT2D eigenvalue weighted by atomic mass is 28.4. The molecule has 30 heavy (non-hydrogen) atoms. The van der Waals surface area contributed by atoms with Crippen LogP contribution in [0.4, 0.5) is 0 Å². The van der Waals surface area contributed by atoms with E-state index in [1.165, 1.54) is 44.9 Å². The fraction of sp³-hybridized carbons (Fsp3) is 0.846. The van der Waals surface area contributed by atoms with Crippen LogP contribution in [0.25, 0.3) is 0 Å². The Bertz CT molecular complexity index is 758. The van der Waals surface area contributed by atoms with E-state index in [4.69, 9.17) is 8.85 Å². The number of hydrogen-bond acceptors (Lipinski definition) is 2. The van der Waals surface area contributed by atoms with Gasteiger partial charge in [0.15, 0.2) is 8.32 Å². The predicted octanol–water partition coefficient (Wildman–Crippen LogP) is 7.90. The molecule has 0 radical (unpaired) electrons. The molecule has 4 heteroatoms. The summed E-state index contributed by atoms with van der Waals surface area (Å²) in [6.45, 7) is 21.6. The number of hydrogen-bond donors (Lipinski definition) is 0. The monoisotopic (exact) mass is 446 g/mol. The van der Waals surface area contributed by atoms with Crippen LogP contribution in [0.5, 0.6) is 0 Å². The zero-order chi connectivity index (χ0) is 22.2. The van der Waals surface area contributed by atoms with Gasteiger partial charge in [-0.15, -0.1) is 0 Å². The first kappa shape index (κ1) is 22.9. The molecule has 0 aromatic rings. The van der Waals surface area contributed by atoms with Gasteiger partial charge in [0, 0.05) is 0 Å². The lowest BCUT2D eigenvalue weighted by atomic mass is 9.47. The molecule has 0 N–H and O–H groups in total. The van der Waals surface area contributed by atoms with Gasteiger partial charge in [-0.3, -0.25) is 0 Å². The van der Waals surface area contributed by atoms with E-state index in [0.29, 0.717) is 10.8 Å². The van der Waals surface area contributed by atoms with Crippen molar-refractivity contribution >= 4 is 16.6 Å². The van der Waals surface area contributed by atoms with Gasteiger partial charge in [-0.2, -0.15) is 0 Å². The molecule has 2 nitrogen and oxygen atoms in total. The van der Waals surface area contributed by atoms with Crippen LogP contribution in [0.2, 0.25) is 39.3 Å². The quantitative estimate of drug-likeness (QED) is 0.408. The lowest BCUT2D eigenvalue weighted by Crippen LogP contribution is -2.56. The summed E-state index contributed by atoms with van der Waals surface area (Å²) in [6, 6.07) is 0. The van der Waals surface area contributed by atoms with Crippen molar-refractivity contribution in [3.05, 3.63) is 23.5 Å². The standard InChI is InChI=1S/C26H46O2Si2/c1-24-15-12-20(27-29(4,5)6)18-19(24)10-11-21-22(24)13-16-25(2)23(21)14-17-26(25,3)28-30(7,8)9/h12,18,21-23H,10-11,13-17H2,1-9H3/t21?,22?,23?,24-,25-,26-/m0/s1. The molecule has 170 valence electrons. The SMILES string of the molecule is C[C@]12CC=C(O[Si](C)(C)C)C=C1CCC1C2CC[C@@]2(C)C1CC[C@]2(C)O[Si](C)(C)C. The lowest BCUT2D eigenvalue weighted by Gasteiger charge is -2.59. The molecule has 0 spiro atoms.